The van der Waals surface area contributed by atoms with E-state index in [-0.39, 0.29) is 55.4 Å². The predicted molar refractivity (Wildman–Crippen MR) is 305 cm³/mol. The van der Waals surface area contributed by atoms with E-state index in [0.29, 0.717) is 11.1 Å². The van der Waals surface area contributed by atoms with Gasteiger partial charge in [0.2, 0.25) is 70.9 Å². The molecule has 2 aromatic rings. The van der Waals surface area contributed by atoms with Crippen LogP contribution in [-0.4, -0.2) is 188 Å². The number of aliphatic carboxylic acids is 2. The number of hydrogen-bond acceptors (Lipinski definition) is 19. The summed E-state index contributed by atoms with van der Waals surface area (Å²) in [5.41, 5.74) is 33.3. The molecule has 0 radical (unpaired) electrons. The summed E-state index contributed by atoms with van der Waals surface area (Å²) in [6, 6.07) is -6.07. The quantitative estimate of drug-likeness (QED) is 0.0169. The molecule has 34 nitrogen and oxygen atoms in total. The number of aliphatic imine (C=N–C) groups is 1. The zero-order valence-corrected chi connectivity index (χ0v) is 47.8. The molecule has 25 N–H and O–H groups in total. The molecule has 0 bridgehead atoms. The van der Waals surface area contributed by atoms with E-state index in [2.05, 4.69) is 42.2 Å². The Morgan fingerprint density at radius 2 is 0.791 bits per heavy atom. The Bertz CT molecular complexity index is 2800. The Balaban J connectivity index is 2.44. The first kappa shape index (κ1) is 72.3. The van der Waals surface area contributed by atoms with Gasteiger partial charge in [-0.1, -0.05) is 24.3 Å². The molecule has 0 spiro atoms. The van der Waals surface area contributed by atoms with Gasteiger partial charge in [0.15, 0.2) is 5.96 Å². The van der Waals surface area contributed by atoms with Crippen LogP contribution in [0.25, 0.3) is 0 Å². The summed E-state index contributed by atoms with van der Waals surface area (Å²) in [5.74, 6) is -17.8. The topological polar surface area (TPSA) is 597 Å². The first-order valence-electron chi connectivity index (χ1n) is 26.2. The minimum Gasteiger partial charge on any atom is -0.508 e. The van der Waals surface area contributed by atoms with Crippen LogP contribution in [-0.2, 0) is 80.0 Å². The highest BCUT2D eigenvalue weighted by Crippen LogP contribution is 2.15. The van der Waals surface area contributed by atoms with E-state index in [4.69, 9.17) is 34.4 Å². The van der Waals surface area contributed by atoms with Gasteiger partial charge in [-0.15, -0.1) is 0 Å². The zero-order valence-electron chi connectivity index (χ0n) is 47.0. The molecule has 35 heteroatoms. The summed E-state index contributed by atoms with van der Waals surface area (Å²) >= 11 is 1.21. The maximum absolute atomic E-state index is 14.2. The lowest BCUT2D eigenvalue weighted by molar-refractivity contribution is -0.143. The van der Waals surface area contributed by atoms with Crippen molar-refractivity contribution in [3.63, 3.8) is 0 Å². The summed E-state index contributed by atoms with van der Waals surface area (Å²) in [5, 5.41) is 59.4. The highest BCUT2D eigenvalue weighted by Gasteiger charge is 2.37. The summed E-state index contributed by atoms with van der Waals surface area (Å²) in [6.07, 6.45) is -3.48. The number of rotatable bonds is 38. The summed E-state index contributed by atoms with van der Waals surface area (Å²) in [4.78, 5) is 188. The molecule has 2 aromatic carbocycles. The van der Waals surface area contributed by atoms with Crippen LogP contribution in [0.2, 0.25) is 0 Å². The number of phenols is 2. The maximum atomic E-state index is 14.2. The normalized spacial score (nSPS) is 14.3. The molecule has 12 amide bonds. The third-order valence-electron chi connectivity index (χ3n) is 12.1. The van der Waals surface area contributed by atoms with Crippen LogP contribution in [0.5, 0.6) is 11.5 Å². The molecule has 472 valence electrons. The number of carbonyl (C=O) groups excluding carboxylic acids is 12. The lowest BCUT2D eigenvalue weighted by Gasteiger charge is -2.27. The van der Waals surface area contributed by atoms with E-state index in [9.17, 15) is 87.5 Å². The number of phenolic OH excluding ortho intramolecular Hbond substituents is 2. The Hall–Kier alpha value is -9.80. The molecule has 0 saturated carbocycles. The highest BCUT2D eigenvalue weighted by atomic mass is 32.2. The van der Waals surface area contributed by atoms with Crippen molar-refractivity contribution >= 4 is 101 Å². The molecular weight excluding hydrogens is 1160 g/mol. The van der Waals surface area contributed by atoms with E-state index in [1.807, 2.05) is 10.6 Å². The fraction of sp³-hybridized carbons (Fsp3) is 0.471. The van der Waals surface area contributed by atoms with Crippen molar-refractivity contribution in [1.82, 2.24) is 47.9 Å². The van der Waals surface area contributed by atoms with Gasteiger partial charge in [0, 0.05) is 19.4 Å². The number of nitrogens with zero attached hydrogens (tertiary/aromatic N) is 1. The number of primary amides is 3. The average molecular weight is 1230 g/mol. The number of carboxylic acid groups (broad SMARTS) is 2. The molecule has 0 fully saturated rings. The smallest absolute Gasteiger partial charge is 0.326 e. The number of aromatic hydroxyl groups is 2. The summed E-state index contributed by atoms with van der Waals surface area (Å²) in [7, 11) is 0. The van der Waals surface area contributed by atoms with Crippen molar-refractivity contribution < 1.29 is 87.5 Å². The fourth-order valence-corrected chi connectivity index (χ4v) is 8.12. The van der Waals surface area contributed by atoms with Crippen molar-refractivity contribution in [2.24, 2.45) is 39.4 Å². The van der Waals surface area contributed by atoms with Gasteiger partial charge in [-0.2, -0.15) is 11.8 Å². The van der Waals surface area contributed by atoms with Crippen molar-refractivity contribution in [2.45, 2.75) is 132 Å². The molecule has 0 aliphatic rings. The second kappa shape index (κ2) is 36.0. The number of amides is 12. The number of benzene rings is 2. The van der Waals surface area contributed by atoms with Gasteiger partial charge in [0.05, 0.1) is 31.7 Å². The van der Waals surface area contributed by atoms with Gasteiger partial charge in [-0.3, -0.25) is 67.3 Å². The largest absolute Gasteiger partial charge is 0.508 e. The highest BCUT2D eigenvalue weighted by molar-refractivity contribution is 7.98. The molecule has 2 rings (SSSR count). The van der Waals surface area contributed by atoms with Gasteiger partial charge in [-0.25, -0.2) is 4.79 Å². The number of carbonyl (C=O) groups is 14. The van der Waals surface area contributed by atoms with Gasteiger partial charge < -0.3 is 103 Å². The lowest BCUT2D eigenvalue weighted by Crippen LogP contribution is -2.61. The molecule has 10 atom stereocenters. The van der Waals surface area contributed by atoms with Crippen LogP contribution in [0.1, 0.15) is 69.9 Å². The van der Waals surface area contributed by atoms with Gasteiger partial charge in [0.1, 0.15) is 65.9 Å². The van der Waals surface area contributed by atoms with Crippen molar-refractivity contribution in [3.8, 4) is 11.5 Å². The minimum atomic E-state index is -2.13. The van der Waals surface area contributed by atoms with E-state index in [1.54, 1.807) is 6.26 Å². The number of nitrogens with one attached hydrogen (secondary N) is 9. The second-order valence-corrected chi connectivity index (χ2v) is 20.4. The Labute approximate surface area is 495 Å². The molecule has 0 heterocycles. The average Bonchev–Trinajstić information content (AvgIpc) is 3.50. The van der Waals surface area contributed by atoms with Crippen LogP contribution < -0.4 is 82.3 Å². The first-order chi connectivity index (χ1) is 40.3. The van der Waals surface area contributed by atoms with Crippen LogP contribution >= 0.6 is 11.8 Å². The van der Waals surface area contributed by atoms with E-state index in [1.165, 1.54) is 74.1 Å². The monoisotopic (exact) mass is 1230 g/mol. The number of guanidine groups is 1. The van der Waals surface area contributed by atoms with Crippen molar-refractivity contribution in [3.05, 3.63) is 59.7 Å². The first-order valence-corrected chi connectivity index (χ1v) is 27.6. The molecule has 0 aliphatic carbocycles. The predicted octanol–water partition coefficient (Wildman–Crippen LogP) is -7.39. The molecule has 86 heavy (non-hydrogen) atoms. The van der Waals surface area contributed by atoms with Gasteiger partial charge >= 0.3 is 11.9 Å². The number of nitrogens with two attached hydrogens (primary N) is 6. The fourth-order valence-electron chi connectivity index (χ4n) is 7.65. The van der Waals surface area contributed by atoms with E-state index < -0.39 is 175 Å². The van der Waals surface area contributed by atoms with Gasteiger partial charge in [-0.05, 0) is 80.5 Å². The Morgan fingerprint density at radius 1 is 0.453 bits per heavy atom. The Kier molecular flexibility index (Phi) is 30.3. The second-order valence-electron chi connectivity index (χ2n) is 19.4. The van der Waals surface area contributed by atoms with Crippen LogP contribution in [0.4, 0.5) is 0 Å². The zero-order chi connectivity index (χ0) is 65.0. The van der Waals surface area contributed by atoms with Gasteiger partial charge in [0.25, 0.3) is 0 Å². The number of hydrogen-bond donors (Lipinski definition) is 19. The maximum Gasteiger partial charge on any atom is 0.326 e. The minimum absolute atomic E-state index is 0.0104. The van der Waals surface area contributed by atoms with Crippen molar-refractivity contribution in [1.29, 1.82) is 0 Å². The van der Waals surface area contributed by atoms with Crippen LogP contribution in [0, 0.1) is 0 Å². The van der Waals surface area contributed by atoms with E-state index >= 15 is 0 Å². The van der Waals surface area contributed by atoms with Crippen molar-refractivity contribution in [2.75, 3.05) is 18.6 Å². The van der Waals surface area contributed by atoms with Crippen LogP contribution in [0.15, 0.2) is 53.5 Å². The Morgan fingerprint density at radius 3 is 1.15 bits per heavy atom. The molecule has 0 aromatic heterocycles. The molecular formula is C51H74N16O18S. The molecule has 0 aliphatic heterocycles. The third kappa shape index (κ3) is 27.1. The lowest BCUT2D eigenvalue weighted by atomic mass is 10.0. The summed E-state index contributed by atoms with van der Waals surface area (Å²) in [6.45, 7) is 2.60. The molecule has 0 unspecified atom stereocenters. The number of carboxylic acids is 2. The SMILES string of the molecule is CSCC[C@H](NC(=O)[C@H](CC(=O)O)NC(=O)[C@H](CC(N)=O)NC(=O)[C@H](CC(N)=O)NC(=O)[C@H](CC(N)=O)NC(=O)[C@H](Cc1ccc(O)cc1)NC(=O)[C@H](C)NC(=O)[C@H](Cc1ccc(O)cc1)NC(=O)[C@H](C)N)C(=O)N[C@@H](CCCN=C(N)N)C(=O)O. The number of thioether (sulfide) groups is 1. The summed E-state index contributed by atoms with van der Waals surface area (Å²) < 4.78 is 0. The van der Waals surface area contributed by atoms with E-state index in [0.717, 1.165) is 0 Å². The molecule has 0 saturated heterocycles. The van der Waals surface area contributed by atoms with Crippen LogP contribution in [0.3, 0.4) is 0 Å². The third-order valence-corrected chi connectivity index (χ3v) is 12.8. The standard InChI is InChI=1S/C51H74N16O18S/c1-23(52)41(75)62-31(17-25-6-10-27(68)11-7-25)44(78)59-24(2)42(76)63-32(18-26-8-12-28(69)13-9-26)45(79)64-33(19-37(53)70)46(80)65-34(20-38(54)71)47(81)66-35(21-39(55)72)48(82)67-36(22-40(73)74)49(83)60-29(14-16-86-3)43(77)61-30(50(84)85)5-4-15-58-51(56)57/h6-13,23-24,29-36,68-69H,4-5,14-22,52H2,1-3H3,(H2,53,70)(H2,54,71)(H2,55,72)(H,59,78)(H,60,83)(H,61,77)(H,62,75)(H,63,76)(H,64,79)(H,65,80)(H,66,81)(H,67,82)(H,73,74)(H,84,85)(H4,56,57,58)/t23-,24-,29-,30-,31-,32-,33-,34-,35-,36-/m0/s1.